The van der Waals surface area contributed by atoms with E-state index in [0.29, 0.717) is 43.5 Å². The minimum absolute atomic E-state index is 0.111. The van der Waals surface area contributed by atoms with Crippen molar-refractivity contribution in [3.8, 4) is 5.75 Å². The van der Waals surface area contributed by atoms with Gasteiger partial charge in [-0.3, -0.25) is 28.8 Å². The highest BCUT2D eigenvalue weighted by Crippen LogP contribution is 2.20. The lowest BCUT2D eigenvalue weighted by Crippen LogP contribution is -2.56. The second-order valence-corrected chi connectivity index (χ2v) is 14.6. The monoisotopic (exact) mass is 825 g/mol. The van der Waals surface area contributed by atoms with Crippen LogP contribution in [0.3, 0.4) is 0 Å². The number of hydrogen-bond acceptors (Lipinski definition) is 9. The normalized spacial score (nSPS) is 16.0. The smallest absolute Gasteiger partial charge is 0.251 e. The zero-order valence-electron chi connectivity index (χ0n) is 35.7. The fourth-order valence-corrected chi connectivity index (χ4v) is 6.73. The Morgan fingerprint density at radius 1 is 0.847 bits per heavy atom. The van der Waals surface area contributed by atoms with Gasteiger partial charge in [-0.1, -0.05) is 108 Å². The van der Waals surface area contributed by atoms with E-state index >= 15 is 0 Å². The van der Waals surface area contributed by atoms with Crippen molar-refractivity contribution in [2.75, 3.05) is 46.9 Å². The molecule has 1 saturated heterocycles. The molecule has 4 rings (SSSR count). The maximum absolute atomic E-state index is 13.3. The summed E-state index contributed by atoms with van der Waals surface area (Å²) in [6.07, 6.45) is 9.53. The first-order valence-electron chi connectivity index (χ1n) is 21.2. The van der Waals surface area contributed by atoms with E-state index in [-0.39, 0.29) is 44.4 Å². The third-order valence-corrected chi connectivity index (χ3v) is 9.84. The van der Waals surface area contributed by atoms with Gasteiger partial charge in [0, 0.05) is 27.1 Å². The van der Waals surface area contributed by atoms with Gasteiger partial charge in [0.2, 0.25) is 29.5 Å². The topological polar surface area (TPSA) is 207 Å². The average Bonchev–Trinajstić information content (AvgIpc) is 3.77. The average molecular weight is 825 g/mol. The number of ether oxygens (including phenoxy) is 1. The second-order valence-electron chi connectivity index (χ2n) is 14.6. The van der Waals surface area contributed by atoms with Gasteiger partial charge in [-0.25, -0.2) is 0 Å². The van der Waals surface area contributed by atoms with Gasteiger partial charge in [-0.05, 0) is 48.9 Å². The first-order chi connectivity index (χ1) is 28.4. The summed E-state index contributed by atoms with van der Waals surface area (Å²) in [5.74, 6) is -2.62. The Labute approximate surface area is 350 Å². The minimum Gasteiger partial charge on any atom is -0.491 e. The molecule has 6 amide bonds. The first kappa shape index (κ1) is 50.1. The van der Waals surface area contributed by atoms with Crippen LogP contribution in [0.2, 0.25) is 0 Å². The van der Waals surface area contributed by atoms with Crippen molar-refractivity contribution in [3.05, 3.63) is 65.7 Å². The van der Waals surface area contributed by atoms with Crippen molar-refractivity contribution in [2.24, 2.45) is 0 Å². The van der Waals surface area contributed by atoms with Crippen molar-refractivity contribution in [2.45, 2.75) is 122 Å². The molecular weight excluding hydrogens is 757 g/mol. The van der Waals surface area contributed by atoms with Crippen LogP contribution in [0.15, 0.2) is 54.6 Å². The largest absolute Gasteiger partial charge is 0.491 e. The lowest BCUT2D eigenvalue weighted by atomic mass is 10.0. The van der Waals surface area contributed by atoms with Gasteiger partial charge in [0.05, 0.1) is 25.7 Å². The zero-order chi connectivity index (χ0) is 43.6. The molecule has 15 heteroatoms. The van der Waals surface area contributed by atoms with Gasteiger partial charge in [0.1, 0.15) is 24.4 Å². The summed E-state index contributed by atoms with van der Waals surface area (Å²) >= 11 is 0. The molecule has 6 N–H and O–H groups in total. The number of aliphatic hydroxyl groups is 2. The Balaban J connectivity index is 0.00000135. The summed E-state index contributed by atoms with van der Waals surface area (Å²) < 4.78 is 5.39. The highest BCUT2D eigenvalue weighted by molar-refractivity contribution is 5.93. The summed E-state index contributed by atoms with van der Waals surface area (Å²) in [4.78, 5) is 80.0. The molecule has 2 aromatic rings. The van der Waals surface area contributed by atoms with Gasteiger partial charge in [-0.15, -0.1) is 0 Å². The van der Waals surface area contributed by atoms with Crippen LogP contribution in [0.4, 0.5) is 0 Å². The van der Waals surface area contributed by atoms with E-state index in [4.69, 9.17) is 9.84 Å². The number of carbonyl (C=O) groups is 6. The number of carbonyl (C=O) groups excluding carboxylic acids is 6. The molecule has 0 aromatic heterocycles. The summed E-state index contributed by atoms with van der Waals surface area (Å²) in [5.41, 5.74) is 1.42. The summed E-state index contributed by atoms with van der Waals surface area (Å²) in [6.45, 7) is 5.37. The number of hydrogen-bond donors (Lipinski definition) is 6. The van der Waals surface area contributed by atoms with Gasteiger partial charge < -0.3 is 46.0 Å². The highest BCUT2D eigenvalue weighted by atomic mass is 16.5. The number of likely N-dealkylation sites (tertiary alicyclic amines) is 1. The number of nitrogens with zero attached hydrogens (tertiary/aromatic N) is 2. The van der Waals surface area contributed by atoms with E-state index in [2.05, 4.69) is 21.3 Å². The molecule has 0 radical (unpaired) electrons. The Kier molecular flexibility index (Phi) is 24.1. The molecular formula is C44H68N6O9. The molecule has 1 saturated carbocycles. The highest BCUT2D eigenvalue weighted by Gasteiger charge is 2.37. The van der Waals surface area contributed by atoms with Crippen molar-refractivity contribution in [1.82, 2.24) is 31.1 Å². The fraction of sp³-hybridized carbons (Fsp3) is 0.591. The molecule has 15 nitrogen and oxygen atoms in total. The number of likely N-dealkylation sites (N-methyl/N-ethyl adjacent to an activating group) is 1. The molecule has 0 spiro atoms. The van der Waals surface area contributed by atoms with Crippen LogP contribution in [-0.4, -0.2) is 121 Å². The predicted molar refractivity (Wildman–Crippen MR) is 226 cm³/mol. The minimum atomic E-state index is -1.69. The molecule has 2 aliphatic rings. The summed E-state index contributed by atoms with van der Waals surface area (Å²) in [5, 5.41) is 30.1. The number of nitrogens with one attached hydrogen (secondary N) is 4. The van der Waals surface area contributed by atoms with Crippen LogP contribution >= 0.6 is 0 Å². The third kappa shape index (κ3) is 18.2. The zero-order valence-corrected chi connectivity index (χ0v) is 35.7. The summed E-state index contributed by atoms with van der Waals surface area (Å²) in [6, 6.07) is 13.0. The maximum atomic E-state index is 13.3. The van der Waals surface area contributed by atoms with Crippen LogP contribution in [0.25, 0.3) is 0 Å². The van der Waals surface area contributed by atoms with Gasteiger partial charge in [0.25, 0.3) is 5.91 Å². The molecule has 59 heavy (non-hydrogen) atoms. The number of benzene rings is 2. The Morgan fingerprint density at radius 2 is 1.51 bits per heavy atom. The van der Waals surface area contributed by atoms with E-state index in [1.54, 1.807) is 62.6 Å². The number of amides is 6. The van der Waals surface area contributed by atoms with E-state index in [1.807, 2.05) is 26.8 Å². The van der Waals surface area contributed by atoms with Gasteiger partial charge >= 0.3 is 0 Å². The Bertz CT molecular complexity index is 1580. The van der Waals surface area contributed by atoms with Crippen molar-refractivity contribution < 1.29 is 43.7 Å². The quantitative estimate of drug-likeness (QED) is 0.123. The third-order valence-electron chi connectivity index (χ3n) is 9.84. The second kappa shape index (κ2) is 28.4. The molecule has 0 bridgehead atoms. The van der Waals surface area contributed by atoms with E-state index < -0.39 is 54.4 Å². The van der Waals surface area contributed by atoms with Crippen LogP contribution in [-0.2, 0) is 35.2 Å². The van der Waals surface area contributed by atoms with Crippen LogP contribution in [0.5, 0.6) is 5.75 Å². The number of aryl methyl sites for hydroxylation is 1. The fourth-order valence-electron chi connectivity index (χ4n) is 6.73. The van der Waals surface area contributed by atoms with Gasteiger partial charge in [-0.2, -0.15) is 0 Å². The number of aliphatic hydroxyl groups excluding tert-OH is 2. The van der Waals surface area contributed by atoms with Crippen LogP contribution < -0.4 is 26.0 Å². The maximum Gasteiger partial charge on any atom is 0.251 e. The summed E-state index contributed by atoms with van der Waals surface area (Å²) in [7, 11) is 3.12. The first-order valence-corrected chi connectivity index (χ1v) is 21.2. The Hall–Kier alpha value is -5.02. The van der Waals surface area contributed by atoms with E-state index in [1.165, 1.54) is 48.3 Å². The molecule has 1 heterocycles. The molecule has 2 fully saturated rings. The van der Waals surface area contributed by atoms with E-state index in [9.17, 15) is 33.9 Å². The van der Waals surface area contributed by atoms with E-state index in [0.717, 1.165) is 5.56 Å². The molecule has 1 aliphatic carbocycles. The standard InChI is InChI=1S/C36H50N6O9.C6H12.C2H6/c1-4-10-27(33(47)35(49)38-22-30(45)40-32(36(50)41(2)3)25-12-6-5-7-13-25)39-34(48)28-15-9-18-42(28)31(46)23-37-29(44)17-16-24-11-8-14-26(21-24)51-20-19-43;1-2-4-6-5-3-1;1-2/h5-8,11-14,21,27-28,32-33,43,47H,4,9-10,15-20,22-23H2,1-3H3,(H,37,44)(H,38,49)(H,39,48)(H,40,45);1-6H2;1-2H3. The molecule has 4 atom stereocenters. The van der Waals surface area contributed by atoms with Crippen molar-refractivity contribution in [3.63, 3.8) is 0 Å². The lowest BCUT2D eigenvalue weighted by molar-refractivity contribution is -0.140. The molecule has 4 unspecified atom stereocenters. The Morgan fingerprint density at radius 3 is 2.12 bits per heavy atom. The molecule has 1 aliphatic heterocycles. The van der Waals surface area contributed by atoms with Crippen molar-refractivity contribution in [1.29, 1.82) is 0 Å². The van der Waals surface area contributed by atoms with Crippen molar-refractivity contribution >= 4 is 35.4 Å². The number of rotatable bonds is 19. The van der Waals surface area contributed by atoms with Gasteiger partial charge in [0.15, 0.2) is 6.10 Å². The molecule has 328 valence electrons. The SMILES string of the molecule is C1CCCCC1.CC.CCCC(NC(=O)C1CCCN1C(=O)CNC(=O)CCc1cccc(OCCO)c1)C(O)C(=O)NCC(=O)NC(C(=O)N(C)C)c1ccccc1. The molecule has 2 aromatic carbocycles. The lowest BCUT2D eigenvalue weighted by Gasteiger charge is -2.28. The van der Waals surface area contributed by atoms with Crippen LogP contribution in [0.1, 0.15) is 109 Å². The predicted octanol–water partition coefficient (Wildman–Crippen LogP) is 3.17. The van der Waals surface area contributed by atoms with Crippen LogP contribution in [0, 0.1) is 0 Å².